The molecule has 0 unspecified atom stereocenters. The number of anilines is 1. The maximum atomic E-state index is 13.0. The second-order valence-corrected chi connectivity index (χ2v) is 11.6. The van der Waals surface area contributed by atoms with Crippen LogP contribution >= 0.6 is 23.4 Å². The molecule has 3 aromatic rings. The van der Waals surface area contributed by atoms with Crippen LogP contribution in [0, 0.1) is 13.8 Å². The van der Waals surface area contributed by atoms with Crippen LogP contribution in [0.15, 0.2) is 52.4 Å². The predicted octanol–water partition coefficient (Wildman–Crippen LogP) is 5.41. The number of piperidine rings is 1. The van der Waals surface area contributed by atoms with Gasteiger partial charge in [-0.25, -0.2) is 13.4 Å². The molecule has 0 radical (unpaired) electrons. The molecule has 4 rings (SSSR count). The van der Waals surface area contributed by atoms with E-state index in [-0.39, 0.29) is 11.7 Å². The summed E-state index contributed by atoms with van der Waals surface area (Å²) in [6.07, 6.45) is 2.88. The number of amides is 1. The zero-order chi connectivity index (χ0) is 23.6. The number of fused-ring (bicyclic) bond motifs is 1. The van der Waals surface area contributed by atoms with Crippen LogP contribution in [0.2, 0.25) is 5.02 Å². The third-order valence-electron chi connectivity index (χ3n) is 5.74. The molecule has 174 valence electrons. The highest BCUT2D eigenvalue weighted by Crippen LogP contribution is 2.28. The van der Waals surface area contributed by atoms with Crippen LogP contribution in [0.1, 0.15) is 30.4 Å². The molecule has 0 aliphatic carbocycles. The van der Waals surface area contributed by atoms with Crippen molar-refractivity contribution in [1.29, 1.82) is 0 Å². The van der Waals surface area contributed by atoms with Gasteiger partial charge >= 0.3 is 0 Å². The van der Waals surface area contributed by atoms with E-state index in [1.807, 2.05) is 26.0 Å². The highest BCUT2D eigenvalue weighted by molar-refractivity contribution is 7.99. The maximum Gasteiger partial charge on any atom is 0.243 e. The summed E-state index contributed by atoms with van der Waals surface area (Å²) in [7, 11) is -3.50. The minimum absolute atomic E-state index is 0.145. The first kappa shape index (κ1) is 24.0. The fourth-order valence-corrected chi connectivity index (χ4v) is 6.38. The topological polar surface area (TPSA) is 79.4 Å². The van der Waals surface area contributed by atoms with Gasteiger partial charge in [0, 0.05) is 29.2 Å². The molecule has 1 N–H and O–H groups in total. The Labute approximate surface area is 203 Å². The molecule has 9 heteroatoms. The molecule has 2 aromatic carbocycles. The van der Waals surface area contributed by atoms with Crippen LogP contribution in [0.5, 0.6) is 0 Å². The Kier molecular flexibility index (Phi) is 7.28. The number of pyridine rings is 1. The zero-order valence-corrected chi connectivity index (χ0v) is 21.0. The van der Waals surface area contributed by atoms with Crippen LogP contribution in [-0.2, 0) is 14.8 Å². The number of carbonyl (C=O) groups is 1. The fourth-order valence-electron chi connectivity index (χ4n) is 3.89. The molecule has 2 heterocycles. The van der Waals surface area contributed by atoms with Crippen molar-refractivity contribution >= 4 is 55.9 Å². The molecule has 0 bridgehead atoms. The quantitative estimate of drug-likeness (QED) is 0.455. The van der Waals surface area contributed by atoms with Crippen LogP contribution in [0.3, 0.4) is 0 Å². The summed E-state index contributed by atoms with van der Waals surface area (Å²) in [4.78, 5) is 17.4. The largest absolute Gasteiger partial charge is 0.325 e. The monoisotopic (exact) mass is 503 g/mol. The number of aromatic nitrogens is 1. The molecule has 0 saturated carbocycles. The van der Waals surface area contributed by atoms with Crippen LogP contribution in [0.25, 0.3) is 10.9 Å². The summed E-state index contributed by atoms with van der Waals surface area (Å²) in [5.74, 6) is 0.0543. The van der Waals surface area contributed by atoms with Gasteiger partial charge in [0.1, 0.15) is 0 Å². The maximum absolute atomic E-state index is 13.0. The highest BCUT2D eigenvalue weighted by atomic mass is 35.5. The van der Waals surface area contributed by atoms with E-state index in [0.717, 1.165) is 35.8 Å². The Balaban J connectivity index is 1.49. The lowest BCUT2D eigenvalue weighted by molar-refractivity contribution is -0.113. The SMILES string of the molecule is Cc1ccc(Cl)cc1NC(=O)CSc1cc(C)c2cc(S(=O)(=O)N3CCCCC3)ccc2n1. The van der Waals surface area contributed by atoms with Gasteiger partial charge in [-0.15, -0.1) is 0 Å². The average Bonchev–Trinajstić information content (AvgIpc) is 2.80. The number of sulfonamides is 1. The average molecular weight is 504 g/mol. The number of aryl methyl sites for hydroxylation is 2. The van der Waals surface area contributed by atoms with Crippen LogP contribution in [0.4, 0.5) is 5.69 Å². The van der Waals surface area contributed by atoms with Gasteiger partial charge < -0.3 is 5.32 Å². The number of hydrogen-bond donors (Lipinski definition) is 1. The number of benzene rings is 2. The lowest BCUT2D eigenvalue weighted by Crippen LogP contribution is -2.35. The van der Waals surface area contributed by atoms with E-state index in [2.05, 4.69) is 10.3 Å². The number of halogens is 1. The van der Waals surface area contributed by atoms with Gasteiger partial charge in [0.05, 0.1) is 21.2 Å². The van der Waals surface area contributed by atoms with E-state index in [4.69, 9.17) is 11.6 Å². The normalized spacial score (nSPS) is 15.0. The van der Waals surface area contributed by atoms with E-state index < -0.39 is 10.0 Å². The van der Waals surface area contributed by atoms with Crippen molar-refractivity contribution in [1.82, 2.24) is 9.29 Å². The van der Waals surface area contributed by atoms with Gasteiger partial charge in [-0.3, -0.25) is 4.79 Å². The van der Waals surface area contributed by atoms with E-state index in [9.17, 15) is 13.2 Å². The molecule has 0 spiro atoms. The van der Waals surface area contributed by atoms with Crippen molar-refractivity contribution in [3.05, 3.63) is 58.6 Å². The first-order valence-electron chi connectivity index (χ1n) is 10.8. The fraction of sp³-hybridized carbons (Fsp3) is 0.333. The van der Waals surface area contributed by atoms with Crippen molar-refractivity contribution in [3.63, 3.8) is 0 Å². The Hall–Kier alpha value is -2.13. The number of thioether (sulfide) groups is 1. The molecule has 33 heavy (non-hydrogen) atoms. The lowest BCUT2D eigenvalue weighted by Gasteiger charge is -2.26. The molecule has 1 fully saturated rings. The molecule has 0 atom stereocenters. The molecule has 1 amide bonds. The van der Waals surface area contributed by atoms with E-state index >= 15 is 0 Å². The van der Waals surface area contributed by atoms with Gasteiger partial charge in [0.15, 0.2) is 0 Å². The Bertz CT molecular complexity index is 1310. The summed E-state index contributed by atoms with van der Waals surface area (Å²) >= 11 is 7.36. The van der Waals surface area contributed by atoms with Gasteiger partial charge in [0.25, 0.3) is 0 Å². The first-order valence-corrected chi connectivity index (χ1v) is 13.6. The Morgan fingerprint density at radius 3 is 2.58 bits per heavy atom. The summed E-state index contributed by atoms with van der Waals surface area (Å²) < 4.78 is 27.6. The van der Waals surface area contributed by atoms with Crippen molar-refractivity contribution in [2.24, 2.45) is 0 Å². The molecule has 1 aliphatic rings. The summed E-state index contributed by atoms with van der Waals surface area (Å²) in [5, 5.41) is 4.97. The zero-order valence-electron chi connectivity index (χ0n) is 18.6. The first-order chi connectivity index (χ1) is 15.7. The highest BCUT2D eigenvalue weighted by Gasteiger charge is 2.26. The molecule has 6 nitrogen and oxygen atoms in total. The Morgan fingerprint density at radius 2 is 1.82 bits per heavy atom. The molecule has 1 aromatic heterocycles. The van der Waals surface area contributed by atoms with Gasteiger partial charge in [-0.05, 0) is 74.2 Å². The number of carbonyl (C=O) groups excluding carboxylic acids is 1. The Morgan fingerprint density at radius 1 is 1.06 bits per heavy atom. The predicted molar refractivity (Wildman–Crippen MR) is 135 cm³/mol. The molecular weight excluding hydrogens is 478 g/mol. The second kappa shape index (κ2) is 10.0. The molecule has 1 aliphatic heterocycles. The van der Waals surface area contributed by atoms with E-state index in [1.165, 1.54) is 11.8 Å². The van der Waals surface area contributed by atoms with Crippen LogP contribution in [-0.4, -0.2) is 42.5 Å². The van der Waals surface area contributed by atoms with Crippen molar-refractivity contribution < 1.29 is 13.2 Å². The van der Waals surface area contributed by atoms with Crippen LogP contribution < -0.4 is 5.32 Å². The standard InChI is InChI=1S/C24H26ClN3O3S2/c1-16-6-7-18(25)13-22(16)26-23(29)15-32-24-12-17(2)20-14-19(8-9-21(20)27-24)33(30,31)28-10-4-3-5-11-28/h6-9,12-14H,3-5,10-11,15H2,1-2H3,(H,26,29). The van der Waals surface area contributed by atoms with E-state index in [1.54, 1.807) is 34.6 Å². The minimum atomic E-state index is -3.50. The van der Waals surface area contributed by atoms with Gasteiger partial charge in [0.2, 0.25) is 15.9 Å². The lowest BCUT2D eigenvalue weighted by atomic mass is 10.1. The number of nitrogens with one attached hydrogen (secondary N) is 1. The number of rotatable bonds is 6. The van der Waals surface area contributed by atoms with Crippen molar-refractivity contribution in [2.75, 3.05) is 24.2 Å². The number of nitrogens with zero attached hydrogens (tertiary/aromatic N) is 2. The number of hydrogen-bond acceptors (Lipinski definition) is 5. The van der Waals surface area contributed by atoms with Gasteiger partial charge in [-0.2, -0.15) is 4.31 Å². The van der Waals surface area contributed by atoms with E-state index in [0.29, 0.717) is 39.2 Å². The van der Waals surface area contributed by atoms with Gasteiger partial charge in [-0.1, -0.05) is 35.9 Å². The molecule has 1 saturated heterocycles. The molecular formula is C24H26ClN3O3S2. The third kappa shape index (κ3) is 5.51. The summed E-state index contributed by atoms with van der Waals surface area (Å²) in [5.41, 5.74) is 3.26. The smallest absolute Gasteiger partial charge is 0.243 e. The van der Waals surface area contributed by atoms with Crippen molar-refractivity contribution in [3.8, 4) is 0 Å². The van der Waals surface area contributed by atoms with Crippen molar-refractivity contribution in [2.45, 2.75) is 43.0 Å². The summed E-state index contributed by atoms with van der Waals surface area (Å²) in [6.45, 7) is 4.99. The third-order valence-corrected chi connectivity index (χ3v) is 8.78. The minimum Gasteiger partial charge on any atom is -0.325 e. The second-order valence-electron chi connectivity index (χ2n) is 8.22. The summed E-state index contributed by atoms with van der Waals surface area (Å²) in [6, 6.07) is 12.4.